The van der Waals surface area contributed by atoms with Crippen LogP contribution in [0.1, 0.15) is 24.0 Å². The Hall–Kier alpha value is -3.96. The number of nitro groups is 1. The number of rotatable bonds is 8. The van der Waals surface area contributed by atoms with E-state index in [0.29, 0.717) is 31.2 Å². The van der Waals surface area contributed by atoms with Crippen molar-refractivity contribution in [2.75, 3.05) is 29.4 Å². The molecule has 1 aromatic heterocycles. The Bertz CT molecular complexity index is 1220. The fourth-order valence-corrected chi connectivity index (χ4v) is 4.15. The molecule has 172 valence electrons. The summed E-state index contributed by atoms with van der Waals surface area (Å²) in [5.41, 5.74) is 3.10. The van der Waals surface area contributed by atoms with Crippen LogP contribution in [0.5, 0.6) is 0 Å². The highest BCUT2D eigenvalue weighted by molar-refractivity contribution is 6.30. The van der Waals surface area contributed by atoms with E-state index in [1.165, 1.54) is 11.9 Å². The summed E-state index contributed by atoms with van der Waals surface area (Å²) in [6.45, 7) is 1.80. The summed E-state index contributed by atoms with van der Waals surface area (Å²) in [6, 6.07) is 19.4. The van der Waals surface area contributed by atoms with E-state index in [1.807, 2.05) is 59.5 Å². The first-order valence-corrected chi connectivity index (χ1v) is 11.3. The van der Waals surface area contributed by atoms with Crippen molar-refractivity contribution in [2.24, 2.45) is 0 Å². The number of anilines is 2. The molecule has 34 heavy (non-hydrogen) atoms. The van der Waals surface area contributed by atoms with Gasteiger partial charge in [-0.05, 0) is 35.3 Å². The first kappa shape index (κ1) is 23.2. The van der Waals surface area contributed by atoms with Crippen LogP contribution < -0.4 is 9.80 Å². The molecule has 0 fully saturated rings. The van der Waals surface area contributed by atoms with Crippen LogP contribution in [0.25, 0.3) is 5.57 Å². The van der Waals surface area contributed by atoms with Crippen LogP contribution in [0.15, 0.2) is 67.0 Å². The van der Waals surface area contributed by atoms with Crippen LogP contribution in [0.2, 0.25) is 5.02 Å². The van der Waals surface area contributed by atoms with Gasteiger partial charge in [-0.3, -0.25) is 10.1 Å². The third-order valence-corrected chi connectivity index (χ3v) is 5.95. The third kappa shape index (κ3) is 5.33. The maximum atomic E-state index is 12.2. The zero-order valence-electron chi connectivity index (χ0n) is 18.5. The molecule has 0 spiro atoms. The first-order chi connectivity index (χ1) is 16.6. The summed E-state index contributed by atoms with van der Waals surface area (Å²) >= 11 is 6.00. The van der Waals surface area contributed by atoms with Crippen molar-refractivity contribution >= 4 is 34.5 Å². The number of hydrogen-bond acceptors (Lipinski definition) is 7. The number of hydrogen-bond donors (Lipinski definition) is 0. The molecule has 4 rings (SSSR count). The monoisotopic (exact) mass is 474 g/mol. The zero-order valence-corrected chi connectivity index (χ0v) is 19.2. The van der Waals surface area contributed by atoms with Gasteiger partial charge < -0.3 is 9.80 Å². The molecule has 0 saturated heterocycles. The molecule has 0 aliphatic carbocycles. The van der Waals surface area contributed by atoms with Gasteiger partial charge >= 0.3 is 5.69 Å². The Kier molecular flexibility index (Phi) is 7.35. The van der Waals surface area contributed by atoms with E-state index >= 15 is 0 Å². The van der Waals surface area contributed by atoms with E-state index in [-0.39, 0.29) is 23.7 Å². The summed E-state index contributed by atoms with van der Waals surface area (Å²) in [5.74, 6) is 0.512. The molecule has 0 saturated carbocycles. The maximum absolute atomic E-state index is 12.2. The summed E-state index contributed by atoms with van der Waals surface area (Å²) in [5, 5.41) is 22.0. The third-order valence-electron chi connectivity index (χ3n) is 5.70. The average Bonchev–Trinajstić information content (AvgIpc) is 2.87. The molecule has 0 atom stereocenters. The number of nitriles is 1. The van der Waals surface area contributed by atoms with Gasteiger partial charge in [-0.1, -0.05) is 60.1 Å². The van der Waals surface area contributed by atoms with Crippen molar-refractivity contribution in [1.82, 2.24) is 9.97 Å². The van der Waals surface area contributed by atoms with Crippen LogP contribution in [-0.4, -0.2) is 34.5 Å². The van der Waals surface area contributed by atoms with Gasteiger partial charge in [-0.2, -0.15) is 5.26 Å². The average molecular weight is 475 g/mol. The van der Waals surface area contributed by atoms with Crippen molar-refractivity contribution in [3.63, 3.8) is 0 Å². The minimum Gasteiger partial charge on any atom is -0.347 e. The lowest BCUT2D eigenvalue weighted by Gasteiger charge is -2.29. The molecular formula is C25H23ClN6O2. The Morgan fingerprint density at radius 2 is 1.91 bits per heavy atom. The number of halogens is 1. The fourth-order valence-electron chi connectivity index (χ4n) is 4.02. The number of nitrogens with zero attached hydrogens (tertiary/aromatic N) is 6. The highest BCUT2D eigenvalue weighted by Crippen LogP contribution is 2.36. The standard InChI is InChI=1S/C25H23ClN6O2/c26-22-9-7-20(8-10-22)21-11-15-30(16-12-21)24-23(32(33)34)25(29-18-28-24)31(14-4-13-27)17-19-5-2-1-3-6-19/h1-3,5-11,18H,4,12,14-17H2. The Labute approximate surface area is 202 Å². The molecule has 2 aromatic carbocycles. The smallest absolute Gasteiger partial charge is 0.347 e. The molecule has 0 amide bonds. The lowest BCUT2D eigenvalue weighted by Crippen LogP contribution is -2.31. The lowest BCUT2D eigenvalue weighted by molar-refractivity contribution is -0.383. The van der Waals surface area contributed by atoms with Crippen LogP contribution in [0, 0.1) is 21.4 Å². The highest BCUT2D eigenvalue weighted by Gasteiger charge is 2.31. The van der Waals surface area contributed by atoms with E-state index < -0.39 is 4.92 Å². The molecule has 0 N–H and O–H groups in total. The molecule has 1 aliphatic rings. The molecule has 3 aromatic rings. The van der Waals surface area contributed by atoms with E-state index in [4.69, 9.17) is 16.9 Å². The van der Waals surface area contributed by atoms with Crippen molar-refractivity contribution in [3.05, 3.63) is 93.3 Å². The van der Waals surface area contributed by atoms with E-state index in [9.17, 15) is 10.1 Å². The molecular weight excluding hydrogens is 452 g/mol. The van der Waals surface area contributed by atoms with Crippen LogP contribution in [0.3, 0.4) is 0 Å². The highest BCUT2D eigenvalue weighted by atomic mass is 35.5. The quantitative estimate of drug-likeness (QED) is 0.324. The zero-order chi connectivity index (χ0) is 23.9. The van der Waals surface area contributed by atoms with Gasteiger partial charge in [0.2, 0.25) is 11.6 Å². The van der Waals surface area contributed by atoms with Crippen molar-refractivity contribution in [3.8, 4) is 6.07 Å². The molecule has 0 radical (unpaired) electrons. The van der Waals surface area contributed by atoms with Gasteiger partial charge in [0.25, 0.3) is 0 Å². The maximum Gasteiger partial charge on any atom is 0.353 e. The minimum atomic E-state index is -0.423. The van der Waals surface area contributed by atoms with Gasteiger partial charge in [0.15, 0.2) is 0 Å². The fraction of sp³-hybridized carbons (Fsp3) is 0.240. The molecule has 2 heterocycles. The second kappa shape index (κ2) is 10.8. The van der Waals surface area contributed by atoms with Gasteiger partial charge in [0, 0.05) is 31.2 Å². The molecule has 0 unspecified atom stereocenters. The second-order valence-electron chi connectivity index (χ2n) is 7.87. The predicted molar refractivity (Wildman–Crippen MR) is 133 cm³/mol. The Balaban J connectivity index is 1.64. The predicted octanol–water partition coefficient (Wildman–Crippen LogP) is 5.25. The van der Waals surface area contributed by atoms with Crippen molar-refractivity contribution in [1.29, 1.82) is 5.26 Å². The van der Waals surface area contributed by atoms with Crippen LogP contribution in [-0.2, 0) is 6.54 Å². The van der Waals surface area contributed by atoms with Gasteiger partial charge in [-0.15, -0.1) is 0 Å². The van der Waals surface area contributed by atoms with Gasteiger partial charge in [0.05, 0.1) is 17.4 Å². The van der Waals surface area contributed by atoms with E-state index in [1.54, 1.807) is 4.90 Å². The normalized spacial score (nSPS) is 13.2. The van der Waals surface area contributed by atoms with E-state index in [2.05, 4.69) is 22.1 Å². The molecule has 0 bridgehead atoms. The summed E-state index contributed by atoms with van der Waals surface area (Å²) < 4.78 is 0. The summed E-state index contributed by atoms with van der Waals surface area (Å²) in [7, 11) is 0. The SMILES string of the molecule is N#CCCN(Cc1ccccc1)c1ncnc(N2CC=C(c3ccc(Cl)cc3)CC2)c1[N+](=O)[O-]. The topological polar surface area (TPSA) is 99.2 Å². The minimum absolute atomic E-state index is 0.139. The van der Waals surface area contributed by atoms with Crippen molar-refractivity contribution in [2.45, 2.75) is 19.4 Å². The first-order valence-electron chi connectivity index (χ1n) is 10.9. The second-order valence-corrected chi connectivity index (χ2v) is 8.31. The Morgan fingerprint density at radius 3 is 2.56 bits per heavy atom. The molecule has 8 nitrogen and oxygen atoms in total. The van der Waals surface area contributed by atoms with E-state index in [0.717, 1.165) is 17.5 Å². The van der Waals surface area contributed by atoms with Gasteiger partial charge in [-0.25, -0.2) is 9.97 Å². The number of aromatic nitrogens is 2. The lowest BCUT2D eigenvalue weighted by atomic mass is 9.99. The summed E-state index contributed by atoms with van der Waals surface area (Å²) in [6.07, 6.45) is 4.37. The number of benzene rings is 2. The molecule has 9 heteroatoms. The summed E-state index contributed by atoms with van der Waals surface area (Å²) in [4.78, 5) is 24.0. The van der Waals surface area contributed by atoms with Crippen molar-refractivity contribution < 1.29 is 4.92 Å². The molecule has 1 aliphatic heterocycles. The van der Waals surface area contributed by atoms with Gasteiger partial charge in [0.1, 0.15) is 6.33 Å². The Morgan fingerprint density at radius 1 is 1.15 bits per heavy atom. The van der Waals surface area contributed by atoms with Crippen LogP contribution >= 0.6 is 11.6 Å². The van der Waals surface area contributed by atoms with Crippen LogP contribution in [0.4, 0.5) is 17.3 Å². The largest absolute Gasteiger partial charge is 0.353 e.